The lowest BCUT2D eigenvalue weighted by Crippen LogP contribution is -2.57. The van der Waals surface area contributed by atoms with Crippen LogP contribution in [0.5, 0.6) is 0 Å². The van der Waals surface area contributed by atoms with E-state index in [1.807, 2.05) is 6.92 Å². The maximum absolute atomic E-state index is 5.88. The molecule has 90 valence electrons. The molecule has 1 aliphatic heterocycles. The Hall–Kier alpha value is -0.160. The molecule has 15 heavy (non-hydrogen) atoms. The van der Waals surface area contributed by atoms with Crippen molar-refractivity contribution in [3.8, 4) is 0 Å². The average molecular weight is 216 g/mol. The van der Waals surface area contributed by atoms with Crippen LogP contribution in [0.15, 0.2) is 0 Å². The van der Waals surface area contributed by atoms with E-state index >= 15 is 0 Å². The maximum Gasteiger partial charge on any atom is 0.0662 e. The molecule has 4 heteroatoms. The molecule has 1 aliphatic rings. The van der Waals surface area contributed by atoms with Crippen molar-refractivity contribution in [3.05, 3.63) is 0 Å². The van der Waals surface area contributed by atoms with Gasteiger partial charge >= 0.3 is 0 Å². The van der Waals surface area contributed by atoms with E-state index in [1.54, 1.807) is 0 Å². The van der Waals surface area contributed by atoms with Gasteiger partial charge in [-0.1, -0.05) is 0 Å². The molecule has 1 unspecified atom stereocenters. The van der Waals surface area contributed by atoms with Crippen LogP contribution in [-0.4, -0.2) is 57.0 Å². The minimum Gasteiger partial charge on any atom is -0.380 e. The molecule has 0 aromatic rings. The minimum absolute atomic E-state index is 0.0371. The molecule has 1 atom stereocenters. The Morgan fingerprint density at radius 2 is 2.33 bits per heavy atom. The second-order valence-corrected chi connectivity index (χ2v) is 4.20. The van der Waals surface area contributed by atoms with Crippen LogP contribution in [-0.2, 0) is 9.47 Å². The van der Waals surface area contributed by atoms with Gasteiger partial charge in [-0.3, -0.25) is 4.90 Å². The second-order valence-electron chi connectivity index (χ2n) is 4.20. The average Bonchev–Trinajstić information content (AvgIpc) is 2.30. The van der Waals surface area contributed by atoms with Gasteiger partial charge in [-0.05, 0) is 26.8 Å². The molecule has 0 aromatic heterocycles. The van der Waals surface area contributed by atoms with Crippen molar-refractivity contribution >= 4 is 0 Å². The van der Waals surface area contributed by atoms with E-state index in [0.29, 0.717) is 6.54 Å². The summed E-state index contributed by atoms with van der Waals surface area (Å²) in [6.45, 7) is 6.79. The lowest BCUT2D eigenvalue weighted by atomic mass is 9.91. The molecule has 0 amide bonds. The predicted molar refractivity (Wildman–Crippen MR) is 61.0 cm³/mol. The molecule has 2 N–H and O–H groups in total. The molecule has 0 aliphatic carbocycles. The van der Waals surface area contributed by atoms with Gasteiger partial charge in [-0.25, -0.2) is 0 Å². The molecule has 4 nitrogen and oxygen atoms in total. The number of nitrogens with two attached hydrogens (primary N) is 1. The van der Waals surface area contributed by atoms with Crippen LogP contribution in [0.1, 0.15) is 19.8 Å². The van der Waals surface area contributed by atoms with Crippen molar-refractivity contribution < 1.29 is 9.47 Å². The third-order valence-electron chi connectivity index (χ3n) is 3.27. The summed E-state index contributed by atoms with van der Waals surface area (Å²) in [4.78, 5) is 2.29. The molecular formula is C11H24N2O2. The molecule has 0 bridgehead atoms. The number of ether oxygens (including phenoxy) is 2. The third kappa shape index (κ3) is 3.41. The summed E-state index contributed by atoms with van der Waals surface area (Å²) in [6, 6.07) is 0. The quantitative estimate of drug-likeness (QED) is 0.655. The van der Waals surface area contributed by atoms with Crippen LogP contribution in [0.2, 0.25) is 0 Å². The highest BCUT2D eigenvalue weighted by atomic mass is 16.5. The van der Waals surface area contributed by atoms with Gasteiger partial charge in [0.05, 0.1) is 18.8 Å². The van der Waals surface area contributed by atoms with E-state index in [9.17, 15) is 0 Å². The Morgan fingerprint density at radius 3 is 2.87 bits per heavy atom. The molecule has 1 rings (SSSR count). The molecule has 1 saturated heterocycles. The lowest BCUT2D eigenvalue weighted by molar-refractivity contribution is -0.0420. The van der Waals surface area contributed by atoms with E-state index in [0.717, 1.165) is 45.8 Å². The van der Waals surface area contributed by atoms with Crippen molar-refractivity contribution in [1.82, 2.24) is 4.90 Å². The first-order chi connectivity index (χ1) is 7.25. The highest BCUT2D eigenvalue weighted by Gasteiger charge is 2.35. The topological polar surface area (TPSA) is 47.7 Å². The number of rotatable bonds is 6. The van der Waals surface area contributed by atoms with Crippen molar-refractivity contribution in [2.24, 2.45) is 5.73 Å². The summed E-state index contributed by atoms with van der Waals surface area (Å²) in [7, 11) is 2.11. The predicted octanol–water partition coefficient (Wildman–Crippen LogP) is 0.463. The Bertz CT molecular complexity index is 170. The molecule has 0 saturated carbocycles. The summed E-state index contributed by atoms with van der Waals surface area (Å²) in [5.41, 5.74) is 5.92. The van der Waals surface area contributed by atoms with Crippen molar-refractivity contribution in [3.63, 3.8) is 0 Å². The van der Waals surface area contributed by atoms with Crippen LogP contribution < -0.4 is 5.73 Å². The van der Waals surface area contributed by atoms with Crippen LogP contribution in [0.4, 0.5) is 0 Å². The Kier molecular flexibility index (Phi) is 5.53. The fourth-order valence-corrected chi connectivity index (χ4v) is 2.04. The van der Waals surface area contributed by atoms with Crippen LogP contribution in [0.3, 0.4) is 0 Å². The zero-order valence-corrected chi connectivity index (χ0v) is 10.00. The Labute approximate surface area is 92.7 Å². The standard InChI is InChI=1S/C11H24N2O2/c1-3-14-8-6-13(2)11(9-12)5-4-7-15-10-11/h3-10,12H2,1-2H3. The van der Waals surface area contributed by atoms with E-state index in [2.05, 4.69) is 11.9 Å². The smallest absolute Gasteiger partial charge is 0.0662 e. The van der Waals surface area contributed by atoms with Crippen LogP contribution >= 0.6 is 0 Å². The van der Waals surface area contributed by atoms with Gasteiger partial charge in [0.25, 0.3) is 0 Å². The molecule has 1 heterocycles. The van der Waals surface area contributed by atoms with Crippen molar-refractivity contribution in [2.75, 3.05) is 46.6 Å². The normalized spacial score (nSPS) is 27.2. The maximum atomic E-state index is 5.88. The van der Waals surface area contributed by atoms with Gasteiger partial charge in [-0.15, -0.1) is 0 Å². The first-order valence-electron chi connectivity index (χ1n) is 5.82. The lowest BCUT2D eigenvalue weighted by Gasteiger charge is -2.43. The van der Waals surface area contributed by atoms with Crippen molar-refractivity contribution in [2.45, 2.75) is 25.3 Å². The number of hydrogen-bond acceptors (Lipinski definition) is 4. The van der Waals surface area contributed by atoms with Crippen molar-refractivity contribution in [1.29, 1.82) is 0 Å². The van der Waals surface area contributed by atoms with E-state index in [1.165, 1.54) is 0 Å². The van der Waals surface area contributed by atoms with Gasteiger partial charge in [0.2, 0.25) is 0 Å². The summed E-state index contributed by atoms with van der Waals surface area (Å²) in [5, 5.41) is 0. The van der Waals surface area contributed by atoms with E-state index in [-0.39, 0.29) is 5.54 Å². The number of hydrogen-bond donors (Lipinski definition) is 1. The Balaban J connectivity index is 2.40. The zero-order valence-electron chi connectivity index (χ0n) is 10.00. The first kappa shape index (κ1) is 12.9. The molecule has 0 radical (unpaired) electrons. The second kappa shape index (κ2) is 6.43. The van der Waals surface area contributed by atoms with E-state index < -0.39 is 0 Å². The van der Waals surface area contributed by atoms with Gasteiger partial charge in [0, 0.05) is 26.3 Å². The molecule has 0 aromatic carbocycles. The van der Waals surface area contributed by atoms with Gasteiger partial charge in [0.1, 0.15) is 0 Å². The fraction of sp³-hybridized carbons (Fsp3) is 1.00. The number of likely N-dealkylation sites (N-methyl/N-ethyl adjacent to an activating group) is 1. The van der Waals surface area contributed by atoms with Crippen LogP contribution in [0.25, 0.3) is 0 Å². The summed E-state index contributed by atoms with van der Waals surface area (Å²) in [6.07, 6.45) is 2.24. The Morgan fingerprint density at radius 1 is 1.53 bits per heavy atom. The van der Waals surface area contributed by atoms with E-state index in [4.69, 9.17) is 15.2 Å². The largest absolute Gasteiger partial charge is 0.380 e. The van der Waals surface area contributed by atoms with Gasteiger partial charge in [-0.2, -0.15) is 0 Å². The molecule has 0 spiro atoms. The van der Waals surface area contributed by atoms with Gasteiger partial charge in [0.15, 0.2) is 0 Å². The zero-order chi connectivity index (χ0) is 11.1. The summed E-state index contributed by atoms with van der Waals surface area (Å²) in [5.74, 6) is 0. The van der Waals surface area contributed by atoms with Gasteiger partial charge < -0.3 is 15.2 Å². The van der Waals surface area contributed by atoms with Crippen LogP contribution in [0, 0.1) is 0 Å². The summed E-state index contributed by atoms with van der Waals surface area (Å²) < 4.78 is 10.9. The minimum atomic E-state index is 0.0371. The molecule has 1 fully saturated rings. The molecular weight excluding hydrogens is 192 g/mol. The third-order valence-corrected chi connectivity index (χ3v) is 3.27. The highest BCUT2D eigenvalue weighted by Crippen LogP contribution is 2.23. The summed E-state index contributed by atoms with van der Waals surface area (Å²) >= 11 is 0. The SMILES string of the molecule is CCOCCN(C)C1(CN)CCCOC1. The fourth-order valence-electron chi connectivity index (χ4n) is 2.04. The number of nitrogens with zero attached hydrogens (tertiary/aromatic N) is 1. The first-order valence-corrected chi connectivity index (χ1v) is 5.82. The highest BCUT2D eigenvalue weighted by molar-refractivity contribution is 4.92. The monoisotopic (exact) mass is 216 g/mol.